The number of hydrogen-bond acceptors (Lipinski definition) is 2. The number of azide groups is 1. The Morgan fingerprint density at radius 1 is 1.61 bits per heavy atom. The highest BCUT2D eigenvalue weighted by atomic mass is 79.9. The molecule has 0 aromatic heterocycles. The average Bonchev–Trinajstić information content (AvgIpc) is 2.71. The van der Waals surface area contributed by atoms with Gasteiger partial charge in [0.2, 0.25) is 5.91 Å². The minimum absolute atomic E-state index is 0.00754. The number of rotatable bonds is 3. The number of carbonyl (C=O) groups is 1. The van der Waals surface area contributed by atoms with Crippen molar-refractivity contribution in [2.45, 2.75) is 6.42 Å². The summed E-state index contributed by atoms with van der Waals surface area (Å²) in [4.78, 5) is 16.3. The van der Waals surface area contributed by atoms with Crippen molar-refractivity contribution in [1.82, 2.24) is 0 Å². The number of anilines is 1. The zero-order valence-corrected chi connectivity index (χ0v) is 11.7. The van der Waals surface area contributed by atoms with Crippen LogP contribution in [0, 0.1) is 5.92 Å². The zero-order valence-electron chi connectivity index (χ0n) is 9.38. The van der Waals surface area contributed by atoms with Gasteiger partial charge in [0, 0.05) is 28.9 Å². The van der Waals surface area contributed by atoms with Crippen LogP contribution >= 0.6 is 27.5 Å². The van der Waals surface area contributed by atoms with Gasteiger partial charge in [0.15, 0.2) is 0 Å². The third kappa shape index (κ3) is 2.77. The van der Waals surface area contributed by atoms with Gasteiger partial charge in [-0.05, 0) is 29.6 Å². The van der Waals surface area contributed by atoms with Gasteiger partial charge >= 0.3 is 0 Å². The molecule has 2 rings (SSSR count). The van der Waals surface area contributed by atoms with Crippen LogP contribution in [0.4, 0.5) is 5.69 Å². The molecule has 18 heavy (non-hydrogen) atoms. The van der Waals surface area contributed by atoms with Crippen molar-refractivity contribution in [3.63, 3.8) is 0 Å². The van der Waals surface area contributed by atoms with E-state index in [9.17, 15) is 4.79 Å². The topological polar surface area (TPSA) is 69.1 Å². The molecule has 0 N–H and O–H groups in total. The predicted octanol–water partition coefficient (Wildman–Crippen LogP) is 3.77. The number of nitrogens with zero attached hydrogens (tertiary/aromatic N) is 4. The van der Waals surface area contributed by atoms with Gasteiger partial charge in [0.1, 0.15) is 0 Å². The van der Waals surface area contributed by atoms with Crippen LogP contribution in [0.15, 0.2) is 27.8 Å². The average molecular weight is 330 g/mol. The lowest BCUT2D eigenvalue weighted by molar-refractivity contribution is -0.117. The van der Waals surface area contributed by atoms with Crippen molar-refractivity contribution >= 4 is 39.1 Å². The molecule has 0 aliphatic carbocycles. The van der Waals surface area contributed by atoms with Crippen LogP contribution in [0.1, 0.15) is 6.42 Å². The summed E-state index contributed by atoms with van der Waals surface area (Å²) in [6.45, 7) is 0.873. The Labute approximate surface area is 117 Å². The number of benzene rings is 1. The molecule has 0 saturated carbocycles. The summed E-state index contributed by atoms with van der Waals surface area (Å²) in [6, 6.07) is 5.38. The first-order valence-electron chi connectivity index (χ1n) is 5.38. The lowest BCUT2D eigenvalue weighted by Crippen LogP contribution is -2.25. The lowest BCUT2D eigenvalue weighted by Gasteiger charge is -2.18. The van der Waals surface area contributed by atoms with Gasteiger partial charge in [0.05, 0.1) is 10.7 Å². The normalized spacial score (nSPS) is 18.9. The molecule has 1 aliphatic heterocycles. The van der Waals surface area contributed by atoms with E-state index in [0.29, 0.717) is 30.2 Å². The smallest absolute Gasteiger partial charge is 0.227 e. The molecule has 1 heterocycles. The van der Waals surface area contributed by atoms with Crippen LogP contribution in [0.5, 0.6) is 0 Å². The van der Waals surface area contributed by atoms with Crippen LogP contribution < -0.4 is 4.90 Å². The van der Waals surface area contributed by atoms with E-state index in [1.807, 2.05) is 12.1 Å². The largest absolute Gasteiger partial charge is 0.311 e. The van der Waals surface area contributed by atoms with Gasteiger partial charge in [-0.25, -0.2) is 0 Å². The van der Waals surface area contributed by atoms with Crippen molar-refractivity contribution in [1.29, 1.82) is 0 Å². The molecule has 0 radical (unpaired) electrons. The molecule has 1 fully saturated rings. The van der Waals surface area contributed by atoms with E-state index in [2.05, 4.69) is 26.0 Å². The van der Waals surface area contributed by atoms with E-state index < -0.39 is 0 Å². The van der Waals surface area contributed by atoms with Gasteiger partial charge in [-0.1, -0.05) is 32.6 Å². The number of halogens is 2. The second kappa shape index (κ2) is 5.61. The molecule has 1 amide bonds. The fraction of sp³-hybridized carbons (Fsp3) is 0.364. The fourth-order valence-electron chi connectivity index (χ4n) is 1.98. The van der Waals surface area contributed by atoms with Crippen molar-refractivity contribution in [3.05, 3.63) is 38.1 Å². The maximum absolute atomic E-state index is 11.9. The Morgan fingerprint density at radius 2 is 2.39 bits per heavy atom. The van der Waals surface area contributed by atoms with Crippen molar-refractivity contribution < 1.29 is 4.79 Å². The van der Waals surface area contributed by atoms with Crippen LogP contribution in [-0.2, 0) is 4.79 Å². The molecule has 1 atom stereocenters. The molecule has 1 aliphatic rings. The first-order valence-corrected chi connectivity index (χ1v) is 6.55. The zero-order chi connectivity index (χ0) is 13.1. The Balaban J connectivity index is 2.21. The minimum Gasteiger partial charge on any atom is -0.311 e. The second-order valence-corrected chi connectivity index (χ2v) is 5.41. The number of carbonyl (C=O) groups excluding carboxylic acids is 1. The molecule has 7 heteroatoms. The van der Waals surface area contributed by atoms with E-state index >= 15 is 0 Å². The van der Waals surface area contributed by atoms with Gasteiger partial charge in [-0.15, -0.1) is 0 Å². The van der Waals surface area contributed by atoms with E-state index in [4.69, 9.17) is 17.1 Å². The first kappa shape index (κ1) is 13.2. The Bertz CT molecular complexity index is 530. The lowest BCUT2D eigenvalue weighted by atomic mass is 10.1. The fourth-order valence-corrected chi connectivity index (χ4v) is 2.55. The van der Waals surface area contributed by atoms with Crippen molar-refractivity contribution in [2.24, 2.45) is 11.0 Å². The molecule has 5 nitrogen and oxygen atoms in total. The summed E-state index contributed by atoms with van der Waals surface area (Å²) < 4.78 is 0.869. The molecule has 1 aromatic rings. The monoisotopic (exact) mass is 328 g/mol. The van der Waals surface area contributed by atoms with E-state index in [0.717, 1.165) is 4.47 Å². The van der Waals surface area contributed by atoms with Crippen LogP contribution in [0.3, 0.4) is 0 Å². The van der Waals surface area contributed by atoms with Crippen LogP contribution in [-0.4, -0.2) is 19.0 Å². The molecular weight excluding hydrogens is 320 g/mol. The first-order chi connectivity index (χ1) is 8.61. The Kier molecular flexibility index (Phi) is 4.11. The SMILES string of the molecule is [N-]=[N+]=NCC1CC(=O)N(c2cc(Br)ccc2Cl)C1. The van der Waals surface area contributed by atoms with Gasteiger partial charge in [0.25, 0.3) is 0 Å². The van der Waals surface area contributed by atoms with Crippen LogP contribution in [0.2, 0.25) is 5.02 Å². The molecule has 0 bridgehead atoms. The van der Waals surface area contributed by atoms with Crippen LogP contribution in [0.25, 0.3) is 10.4 Å². The molecular formula is C11H10BrClN4O. The number of amides is 1. The summed E-state index contributed by atoms with van der Waals surface area (Å²) in [5.41, 5.74) is 8.98. The quantitative estimate of drug-likeness (QED) is 0.473. The minimum atomic E-state index is 0.00754. The van der Waals surface area contributed by atoms with Crippen molar-refractivity contribution in [3.8, 4) is 0 Å². The maximum Gasteiger partial charge on any atom is 0.227 e. The van der Waals surface area contributed by atoms with E-state index in [1.165, 1.54) is 0 Å². The van der Waals surface area contributed by atoms with Gasteiger partial charge < -0.3 is 4.90 Å². The standard InChI is InChI=1S/C11H10BrClN4O/c12-8-1-2-9(13)10(4-8)17-6-7(3-11(17)18)5-15-16-14/h1-2,4,7H,3,5-6H2. The van der Waals surface area contributed by atoms with Gasteiger partial charge in [-0.2, -0.15) is 0 Å². The maximum atomic E-state index is 11.9. The molecule has 94 valence electrons. The summed E-state index contributed by atoms with van der Waals surface area (Å²) in [5, 5.41) is 4.05. The highest BCUT2D eigenvalue weighted by Gasteiger charge is 2.31. The summed E-state index contributed by atoms with van der Waals surface area (Å²) in [5.74, 6) is 0.0663. The Morgan fingerprint density at radius 3 is 3.11 bits per heavy atom. The highest BCUT2D eigenvalue weighted by molar-refractivity contribution is 9.10. The molecule has 0 spiro atoms. The second-order valence-electron chi connectivity index (χ2n) is 4.08. The molecule has 1 saturated heterocycles. The Hall–Kier alpha value is -1.23. The van der Waals surface area contributed by atoms with E-state index in [-0.39, 0.29) is 11.8 Å². The van der Waals surface area contributed by atoms with E-state index in [1.54, 1.807) is 11.0 Å². The number of hydrogen-bond donors (Lipinski definition) is 0. The predicted molar refractivity (Wildman–Crippen MR) is 73.6 cm³/mol. The third-order valence-electron chi connectivity index (χ3n) is 2.81. The summed E-state index contributed by atoms with van der Waals surface area (Å²) >= 11 is 9.45. The third-order valence-corrected chi connectivity index (χ3v) is 3.62. The summed E-state index contributed by atoms with van der Waals surface area (Å²) in [7, 11) is 0. The van der Waals surface area contributed by atoms with Gasteiger partial charge in [-0.3, -0.25) is 4.79 Å². The molecule has 1 unspecified atom stereocenters. The van der Waals surface area contributed by atoms with Crippen molar-refractivity contribution in [2.75, 3.05) is 18.0 Å². The highest BCUT2D eigenvalue weighted by Crippen LogP contribution is 2.33. The summed E-state index contributed by atoms with van der Waals surface area (Å²) in [6.07, 6.45) is 0.391. The molecule has 1 aromatic carbocycles.